The smallest absolute Gasteiger partial charge is 0.246 e. The van der Waals surface area contributed by atoms with Crippen molar-refractivity contribution in [1.82, 2.24) is 9.80 Å². The van der Waals surface area contributed by atoms with Crippen molar-refractivity contribution in [2.24, 2.45) is 0 Å². The van der Waals surface area contributed by atoms with Crippen LogP contribution in [0, 0.1) is 0 Å². The van der Waals surface area contributed by atoms with Gasteiger partial charge in [-0.05, 0) is 37.5 Å². The van der Waals surface area contributed by atoms with Gasteiger partial charge in [0.05, 0.1) is 7.11 Å². The molecule has 0 N–H and O–H groups in total. The fourth-order valence-corrected chi connectivity index (χ4v) is 3.23. The van der Waals surface area contributed by atoms with Crippen LogP contribution < -0.4 is 4.74 Å². The van der Waals surface area contributed by atoms with E-state index in [1.165, 1.54) is 0 Å². The largest absolute Gasteiger partial charge is 0.497 e. The van der Waals surface area contributed by atoms with Crippen molar-refractivity contribution < 1.29 is 14.3 Å². The summed E-state index contributed by atoms with van der Waals surface area (Å²) in [4.78, 5) is 28.4. The number of ether oxygens (including phenoxy) is 1. The predicted molar refractivity (Wildman–Crippen MR) is 77.7 cm³/mol. The molecule has 2 fully saturated rings. The molecule has 3 rings (SSSR count). The molecule has 2 amide bonds. The number of methoxy groups -OCH3 is 1. The maximum atomic E-state index is 12.6. The summed E-state index contributed by atoms with van der Waals surface area (Å²) in [6.07, 6.45) is 1.70. The van der Waals surface area contributed by atoms with E-state index in [2.05, 4.69) is 0 Å². The summed E-state index contributed by atoms with van der Waals surface area (Å²) in [6, 6.07) is 6.99. The number of rotatable bonds is 3. The van der Waals surface area contributed by atoms with E-state index in [-0.39, 0.29) is 17.9 Å². The van der Waals surface area contributed by atoms with Gasteiger partial charge >= 0.3 is 0 Å². The van der Waals surface area contributed by atoms with Crippen LogP contribution in [0.4, 0.5) is 0 Å². The average molecular weight is 288 g/mol. The van der Waals surface area contributed by atoms with Gasteiger partial charge in [-0.3, -0.25) is 9.59 Å². The van der Waals surface area contributed by atoms with Crippen molar-refractivity contribution in [3.63, 3.8) is 0 Å². The van der Waals surface area contributed by atoms with E-state index in [1.54, 1.807) is 16.9 Å². The van der Waals surface area contributed by atoms with Crippen molar-refractivity contribution >= 4 is 11.8 Å². The minimum absolute atomic E-state index is 0.0694. The number of benzene rings is 1. The summed E-state index contributed by atoms with van der Waals surface area (Å²) in [5, 5.41) is 0. The second-order valence-corrected chi connectivity index (χ2v) is 5.68. The maximum Gasteiger partial charge on any atom is 0.246 e. The van der Waals surface area contributed by atoms with Gasteiger partial charge in [-0.1, -0.05) is 12.1 Å². The van der Waals surface area contributed by atoms with Crippen molar-refractivity contribution in [2.75, 3.05) is 13.7 Å². The Morgan fingerprint density at radius 1 is 1.29 bits per heavy atom. The number of carbonyl (C=O) groups excluding carboxylic acids is 2. The Hall–Kier alpha value is -2.04. The van der Waals surface area contributed by atoms with Gasteiger partial charge in [-0.25, -0.2) is 0 Å². The minimum atomic E-state index is -0.391. The molecule has 112 valence electrons. The van der Waals surface area contributed by atoms with E-state index in [0.29, 0.717) is 13.1 Å². The Kier molecular flexibility index (Phi) is 3.57. The molecule has 2 aliphatic rings. The monoisotopic (exact) mass is 288 g/mol. The van der Waals surface area contributed by atoms with E-state index in [9.17, 15) is 9.59 Å². The van der Waals surface area contributed by atoms with Crippen molar-refractivity contribution in [1.29, 1.82) is 0 Å². The van der Waals surface area contributed by atoms with Crippen molar-refractivity contribution in [3.8, 4) is 5.75 Å². The molecule has 0 radical (unpaired) electrons. The molecule has 2 heterocycles. The minimum Gasteiger partial charge on any atom is -0.497 e. The van der Waals surface area contributed by atoms with Gasteiger partial charge in [0.25, 0.3) is 0 Å². The van der Waals surface area contributed by atoms with Crippen LogP contribution in [0.3, 0.4) is 0 Å². The van der Waals surface area contributed by atoms with Crippen molar-refractivity contribution in [3.05, 3.63) is 29.8 Å². The third-order valence-electron chi connectivity index (χ3n) is 4.42. The van der Waals surface area contributed by atoms with Gasteiger partial charge in [0.15, 0.2) is 0 Å². The zero-order valence-corrected chi connectivity index (χ0v) is 12.4. The van der Waals surface area contributed by atoms with Gasteiger partial charge in [0.2, 0.25) is 11.8 Å². The lowest BCUT2D eigenvalue weighted by molar-refractivity contribution is -0.159. The molecular weight excluding hydrogens is 268 g/mol. The first-order valence-electron chi connectivity index (χ1n) is 7.35. The number of amides is 2. The van der Waals surface area contributed by atoms with E-state index >= 15 is 0 Å². The van der Waals surface area contributed by atoms with Gasteiger partial charge < -0.3 is 14.5 Å². The molecule has 5 heteroatoms. The van der Waals surface area contributed by atoms with Crippen LogP contribution in [-0.4, -0.2) is 47.4 Å². The van der Waals surface area contributed by atoms with Gasteiger partial charge in [0.1, 0.15) is 17.8 Å². The van der Waals surface area contributed by atoms with Gasteiger partial charge in [-0.15, -0.1) is 0 Å². The summed E-state index contributed by atoms with van der Waals surface area (Å²) in [7, 11) is 1.62. The molecule has 0 unspecified atom stereocenters. The number of carbonyl (C=O) groups is 2. The third kappa shape index (κ3) is 2.37. The SMILES string of the molecule is COc1cccc(CN2C(=O)[C@@H]3CCCN3C(=O)[C@@H]2C)c1. The van der Waals surface area contributed by atoms with Crippen LogP contribution in [-0.2, 0) is 16.1 Å². The summed E-state index contributed by atoms with van der Waals surface area (Å²) >= 11 is 0. The first kappa shape index (κ1) is 13.9. The number of fused-ring (bicyclic) bond motifs is 1. The highest BCUT2D eigenvalue weighted by molar-refractivity contribution is 5.97. The molecule has 0 saturated carbocycles. The van der Waals surface area contributed by atoms with E-state index in [4.69, 9.17) is 4.74 Å². The lowest BCUT2D eigenvalue weighted by Gasteiger charge is -2.41. The molecule has 0 aliphatic carbocycles. The molecule has 5 nitrogen and oxygen atoms in total. The highest BCUT2D eigenvalue weighted by atomic mass is 16.5. The first-order valence-corrected chi connectivity index (χ1v) is 7.35. The molecule has 0 aromatic heterocycles. The van der Waals surface area contributed by atoms with E-state index in [1.807, 2.05) is 31.2 Å². The van der Waals surface area contributed by atoms with E-state index in [0.717, 1.165) is 24.2 Å². The molecule has 1 aromatic carbocycles. The Morgan fingerprint density at radius 2 is 2.10 bits per heavy atom. The lowest BCUT2D eigenvalue weighted by atomic mass is 10.0. The third-order valence-corrected chi connectivity index (χ3v) is 4.42. The standard InChI is InChI=1S/C16H20N2O3/c1-11-15(19)17-8-4-7-14(17)16(20)18(11)10-12-5-3-6-13(9-12)21-2/h3,5-6,9,11,14H,4,7-8,10H2,1-2H3/t11-,14-/m0/s1. The first-order chi connectivity index (χ1) is 10.1. The maximum absolute atomic E-state index is 12.6. The van der Waals surface area contributed by atoms with Crippen molar-refractivity contribution in [2.45, 2.75) is 38.4 Å². The van der Waals surface area contributed by atoms with Crippen LogP contribution in [0.25, 0.3) is 0 Å². The van der Waals surface area contributed by atoms with Gasteiger partial charge in [-0.2, -0.15) is 0 Å². The fraction of sp³-hybridized carbons (Fsp3) is 0.500. The molecule has 0 bridgehead atoms. The molecule has 2 aliphatic heterocycles. The Morgan fingerprint density at radius 3 is 2.86 bits per heavy atom. The number of hydrogen-bond donors (Lipinski definition) is 0. The summed E-state index contributed by atoms with van der Waals surface area (Å²) in [6.45, 7) is 2.98. The molecule has 2 atom stereocenters. The number of hydrogen-bond acceptors (Lipinski definition) is 3. The molecule has 2 saturated heterocycles. The van der Waals surface area contributed by atoms with Crippen LogP contribution in [0.1, 0.15) is 25.3 Å². The van der Waals surface area contributed by atoms with Crippen LogP contribution in [0.5, 0.6) is 5.75 Å². The molecule has 1 aromatic rings. The van der Waals surface area contributed by atoms with Crippen LogP contribution in [0.2, 0.25) is 0 Å². The molecule has 21 heavy (non-hydrogen) atoms. The zero-order valence-electron chi connectivity index (χ0n) is 12.4. The van der Waals surface area contributed by atoms with Crippen LogP contribution >= 0.6 is 0 Å². The lowest BCUT2D eigenvalue weighted by Crippen LogP contribution is -2.61. The fourth-order valence-electron chi connectivity index (χ4n) is 3.23. The second kappa shape index (κ2) is 5.39. The quantitative estimate of drug-likeness (QED) is 0.845. The second-order valence-electron chi connectivity index (χ2n) is 5.68. The van der Waals surface area contributed by atoms with Crippen LogP contribution in [0.15, 0.2) is 24.3 Å². The summed E-state index contributed by atoms with van der Waals surface area (Å²) in [5.41, 5.74) is 0.980. The highest BCUT2D eigenvalue weighted by Gasteiger charge is 2.45. The summed E-state index contributed by atoms with van der Waals surface area (Å²) < 4.78 is 5.21. The summed E-state index contributed by atoms with van der Waals surface area (Å²) in [5.74, 6) is 0.904. The van der Waals surface area contributed by atoms with E-state index < -0.39 is 6.04 Å². The zero-order chi connectivity index (χ0) is 15.0. The highest BCUT2D eigenvalue weighted by Crippen LogP contribution is 2.28. The number of nitrogens with zero attached hydrogens (tertiary/aromatic N) is 2. The normalized spacial score (nSPS) is 25.2. The molecule has 0 spiro atoms. The average Bonchev–Trinajstić information content (AvgIpc) is 2.99. The Balaban J connectivity index is 1.83. The number of piperazine rings is 1. The Labute approximate surface area is 124 Å². The van der Waals surface area contributed by atoms with Gasteiger partial charge in [0, 0.05) is 13.1 Å². The topological polar surface area (TPSA) is 49.9 Å². The predicted octanol–water partition coefficient (Wildman–Crippen LogP) is 1.42. The Bertz CT molecular complexity index is 572. The molecular formula is C16H20N2O3.